The summed E-state index contributed by atoms with van der Waals surface area (Å²) in [6.45, 7) is 0. The maximum Gasteiger partial charge on any atom is 0.405 e. The highest BCUT2D eigenvalue weighted by Gasteiger charge is 2.25. The Morgan fingerprint density at radius 3 is 2.23 bits per heavy atom. The second-order valence-electron chi connectivity index (χ2n) is 4.63. The number of aliphatic hydroxyl groups is 1. The van der Waals surface area contributed by atoms with Crippen LogP contribution in [0, 0.1) is 5.82 Å². The Hall–Kier alpha value is -1.82. The molecule has 2 rings (SSSR count). The summed E-state index contributed by atoms with van der Waals surface area (Å²) in [5.74, 6) is -0.619. The van der Waals surface area contributed by atoms with Crippen LogP contribution in [0.3, 0.4) is 0 Å². The molecule has 2 aromatic rings. The number of hydrogen-bond donors (Lipinski definition) is 3. The van der Waals surface area contributed by atoms with Crippen molar-refractivity contribution in [3.05, 3.63) is 69.5 Å². The van der Waals surface area contributed by atoms with Gasteiger partial charge in [-0.1, -0.05) is 35.3 Å². The zero-order chi connectivity index (χ0) is 16.3. The molecule has 116 valence electrons. The molecule has 0 aliphatic carbocycles. The van der Waals surface area contributed by atoms with Crippen molar-refractivity contribution in [1.82, 2.24) is 5.32 Å². The Morgan fingerprint density at radius 2 is 1.68 bits per heavy atom. The van der Waals surface area contributed by atoms with Crippen molar-refractivity contribution >= 4 is 29.3 Å². The molecule has 7 heteroatoms. The average Bonchev–Trinajstić information content (AvgIpc) is 2.44. The van der Waals surface area contributed by atoms with E-state index in [0.717, 1.165) is 12.1 Å². The fourth-order valence-corrected chi connectivity index (χ4v) is 2.44. The normalized spacial score (nSPS) is 13.5. The van der Waals surface area contributed by atoms with Gasteiger partial charge >= 0.3 is 6.09 Å². The van der Waals surface area contributed by atoms with Gasteiger partial charge in [-0.05, 0) is 41.5 Å². The molecule has 2 aromatic carbocycles. The Balaban J connectivity index is 2.39. The van der Waals surface area contributed by atoms with Gasteiger partial charge < -0.3 is 15.5 Å². The molecule has 0 radical (unpaired) electrons. The molecule has 0 aromatic heterocycles. The lowest BCUT2D eigenvalue weighted by Gasteiger charge is -2.24. The van der Waals surface area contributed by atoms with Crippen molar-refractivity contribution in [1.29, 1.82) is 0 Å². The number of benzene rings is 2. The molecule has 0 bridgehead atoms. The van der Waals surface area contributed by atoms with Crippen LogP contribution in [-0.2, 0) is 0 Å². The molecule has 0 aliphatic heterocycles. The highest BCUT2D eigenvalue weighted by atomic mass is 35.5. The lowest BCUT2D eigenvalue weighted by Crippen LogP contribution is -2.31. The first-order valence-electron chi connectivity index (χ1n) is 6.26. The lowest BCUT2D eigenvalue weighted by atomic mass is 9.96. The van der Waals surface area contributed by atoms with Crippen LogP contribution in [0.2, 0.25) is 10.0 Å². The van der Waals surface area contributed by atoms with E-state index in [1.54, 1.807) is 24.3 Å². The number of amides is 1. The minimum Gasteiger partial charge on any atom is -0.465 e. The van der Waals surface area contributed by atoms with Gasteiger partial charge in [0.25, 0.3) is 0 Å². The van der Waals surface area contributed by atoms with Crippen molar-refractivity contribution in [2.45, 2.75) is 12.1 Å². The van der Waals surface area contributed by atoms with Crippen LogP contribution in [0.15, 0.2) is 42.5 Å². The Morgan fingerprint density at radius 1 is 1.05 bits per heavy atom. The number of carbonyl (C=O) groups is 1. The highest BCUT2D eigenvalue weighted by molar-refractivity contribution is 6.30. The van der Waals surface area contributed by atoms with Crippen molar-refractivity contribution in [3.8, 4) is 0 Å². The first-order valence-corrected chi connectivity index (χ1v) is 7.01. The predicted octanol–water partition coefficient (Wildman–Crippen LogP) is 4.17. The summed E-state index contributed by atoms with van der Waals surface area (Å²) < 4.78 is 13.4. The molecule has 0 spiro atoms. The first kappa shape index (κ1) is 16.5. The van der Waals surface area contributed by atoms with E-state index in [-0.39, 0.29) is 10.6 Å². The molecule has 22 heavy (non-hydrogen) atoms. The van der Waals surface area contributed by atoms with Crippen LogP contribution in [0.5, 0.6) is 0 Å². The van der Waals surface area contributed by atoms with E-state index in [9.17, 15) is 14.3 Å². The molecule has 3 N–H and O–H groups in total. The minimum atomic E-state index is -1.32. The van der Waals surface area contributed by atoms with Gasteiger partial charge in [0.1, 0.15) is 11.9 Å². The zero-order valence-corrected chi connectivity index (χ0v) is 12.6. The third kappa shape index (κ3) is 4.10. The lowest BCUT2D eigenvalue weighted by molar-refractivity contribution is 0.120. The van der Waals surface area contributed by atoms with Crippen LogP contribution in [0.25, 0.3) is 0 Å². The number of halogens is 3. The zero-order valence-electron chi connectivity index (χ0n) is 11.1. The fraction of sp³-hybridized carbons (Fsp3) is 0.133. The topological polar surface area (TPSA) is 69.6 Å². The monoisotopic (exact) mass is 343 g/mol. The van der Waals surface area contributed by atoms with E-state index in [0.29, 0.717) is 10.6 Å². The van der Waals surface area contributed by atoms with Gasteiger partial charge in [-0.2, -0.15) is 0 Å². The average molecular weight is 344 g/mol. The van der Waals surface area contributed by atoms with Crippen molar-refractivity contribution < 1.29 is 19.4 Å². The van der Waals surface area contributed by atoms with Crippen molar-refractivity contribution in [2.24, 2.45) is 0 Å². The van der Waals surface area contributed by atoms with E-state index in [1.165, 1.54) is 6.07 Å². The van der Waals surface area contributed by atoms with Crippen LogP contribution in [-0.4, -0.2) is 16.3 Å². The first-order chi connectivity index (χ1) is 10.4. The fourth-order valence-electron chi connectivity index (χ4n) is 2.09. The number of aliphatic hydroxyl groups excluding tert-OH is 1. The van der Waals surface area contributed by atoms with Crippen LogP contribution >= 0.6 is 23.2 Å². The van der Waals surface area contributed by atoms with Crippen LogP contribution in [0.1, 0.15) is 23.3 Å². The third-order valence-electron chi connectivity index (χ3n) is 3.05. The van der Waals surface area contributed by atoms with Crippen molar-refractivity contribution in [2.75, 3.05) is 0 Å². The van der Waals surface area contributed by atoms with Gasteiger partial charge in [0.15, 0.2) is 0 Å². The van der Waals surface area contributed by atoms with E-state index < -0.39 is 24.1 Å². The quantitative estimate of drug-likeness (QED) is 0.780. The second kappa shape index (κ2) is 6.96. The largest absolute Gasteiger partial charge is 0.465 e. The molecule has 1 amide bonds. The Labute approximate surface area is 136 Å². The number of hydrogen-bond acceptors (Lipinski definition) is 2. The van der Waals surface area contributed by atoms with Crippen LogP contribution in [0.4, 0.5) is 9.18 Å². The minimum absolute atomic E-state index is 0.110. The van der Waals surface area contributed by atoms with E-state index in [1.807, 2.05) is 0 Å². The molecule has 0 saturated carbocycles. The van der Waals surface area contributed by atoms with Crippen LogP contribution < -0.4 is 5.32 Å². The molecule has 0 fully saturated rings. The summed E-state index contributed by atoms with van der Waals surface area (Å²) >= 11 is 11.6. The molecule has 4 nitrogen and oxygen atoms in total. The second-order valence-corrected chi connectivity index (χ2v) is 5.50. The maximum atomic E-state index is 13.4. The SMILES string of the molecule is O=C(O)N[C@H](c1ccc(Cl)cc1)[C@H](O)c1cc(F)cc(Cl)c1. The number of rotatable bonds is 4. The van der Waals surface area contributed by atoms with Gasteiger partial charge in [-0.25, -0.2) is 9.18 Å². The molecular formula is C15H12Cl2FNO3. The number of carboxylic acid groups (broad SMARTS) is 1. The summed E-state index contributed by atoms with van der Waals surface area (Å²) in [4.78, 5) is 11.0. The Kier molecular flexibility index (Phi) is 5.24. The van der Waals surface area contributed by atoms with Gasteiger partial charge in [-0.3, -0.25) is 0 Å². The third-order valence-corrected chi connectivity index (χ3v) is 3.52. The smallest absolute Gasteiger partial charge is 0.405 e. The van der Waals surface area contributed by atoms with E-state index in [2.05, 4.69) is 5.32 Å². The van der Waals surface area contributed by atoms with Gasteiger partial charge in [0, 0.05) is 10.0 Å². The summed E-state index contributed by atoms with van der Waals surface area (Å²) in [6, 6.07) is 8.87. The molecular weight excluding hydrogens is 332 g/mol. The summed E-state index contributed by atoms with van der Waals surface area (Å²) in [5, 5.41) is 22.2. The molecule has 2 atom stereocenters. The molecule has 0 unspecified atom stereocenters. The molecule has 0 heterocycles. The van der Waals surface area contributed by atoms with E-state index >= 15 is 0 Å². The molecule has 0 saturated heterocycles. The van der Waals surface area contributed by atoms with Gasteiger partial charge in [0.2, 0.25) is 0 Å². The van der Waals surface area contributed by atoms with E-state index in [4.69, 9.17) is 28.3 Å². The summed E-state index contributed by atoms with van der Waals surface area (Å²) in [5.41, 5.74) is 0.651. The predicted molar refractivity (Wildman–Crippen MR) is 81.7 cm³/mol. The number of nitrogens with one attached hydrogen (secondary N) is 1. The Bertz CT molecular complexity index is 659. The van der Waals surface area contributed by atoms with Gasteiger partial charge in [0.05, 0.1) is 6.04 Å². The maximum absolute atomic E-state index is 13.4. The van der Waals surface area contributed by atoms with Gasteiger partial charge in [-0.15, -0.1) is 0 Å². The standard InChI is InChI=1S/C15H12Cl2FNO3/c16-10-3-1-8(2-4-10)13(19-15(21)22)14(20)9-5-11(17)7-12(18)6-9/h1-7,13-14,19-20H,(H,21,22)/t13-,14-/m1/s1. The molecule has 0 aliphatic rings. The summed E-state index contributed by atoms with van der Waals surface area (Å²) in [7, 11) is 0. The highest BCUT2D eigenvalue weighted by Crippen LogP contribution is 2.31. The van der Waals surface area contributed by atoms with Crippen molar-refractivity contribution in [3.63, 3.8) is 0 Å². The summed E-state index contributed by atoms with van der Waals surface area (Å²) in [6.07, 6.45) is -2.63.